The van der Waals surface area contributed by atoms with Crippen molar-refractivity contribution < 1.29 is 14.3 Å². The SMILES string of the molecule is CCCCNC(=O)C(C)CCC(=O)OCc1ccccc1. The maximum absolute atomic E-state index is 11.7. The molecule has 1 N–H and O–H groups in total. The van der Waals surface area contributed by atoms with Crippen LogP contribution in [-0.4, -0.2) is 18.4 Å². The van der Waals surface area contributed by atoms with E-state index in [0.29, 0.717) is 13.0 Å². The van der Waals surface area contributed by atoms with Gasteiger partial charge < -0.3 is 10.1 Å². The van der Waals surface area contributed by atoms with Gasteiger partial charge in [0.2, 0.25) is 5.91 Å². The van der Waals surface area contributed by atoms with E-state index in [1.165, 1.54) is 0 Å². The van der Waals surface area contributed by atoms with Crippen molar-refractivity contribution in [2.24, 2.45) is 5.92 Å². The van der Waals surface area contributed by atoms with Crippen molar-refractivity contribution in [3.8, 4) is 0 Å². The molecule has 1 atom stereocenters. The van der Waals surface area contributed by atoms with Crippen LogP contribution in [0.25, 0.3) is 0 Å². The molecule has 1 rings (SSSR count). The number of nitrogens with one attached hydrogen (secondary N) is 1. The highest BCUT2D eigenvalue weighted by atomic mass is 16.5. The molecule has 0 saturated carbocycles. The number of ether oxygens (including phenoxy) is 1. The van der Waals surface area contributed by atoms with Gasteiger partial charge in [-0.25, -0.2) is 0 Å². The molecule has 0 aliphatic carbocycles. The minimum atomic E-state index is -0.257. The van der Waals surface area contributed by atoms with Gasteiger partial charge in [-0.1, -0.05) is 50.6 Å². The molecule has 0 saturated heterocycles. The van der Waals surface area contributed by atoms with Crippen LogP contribution in [0.15, 0.2) is 30.3 Å². The topological polar surface area (TPSA) is 55.4 Å². The fourth-order valence-corrected chi connectivity index (χ4v) is 1.84. The molecule has 0 heterocycles. The van der Waals surface area contributed by atoms with E-state index in [-0.39, 0.29) is 30.8 Å². The van der Waals surface area contributed by atoms with Crippen LogP contribution in [0, 0.1) is 5.92 Å². The third-order valence-electron chi connectivity index (χ3n) is 3.30. The smallest absolute Gasteiger partial charge is 0.306 e. The summed E-state index contributed by atoms with van der Waals surface area (Å²) in [7, 11) is 0. The van der Waals surface area contributed by atoms with Gasteiger partial charge in [0.25, 0.3) is 0 Å². The number of unbranched alkanes of at least 4 members (excludes halogenated alkanes) is 1. The minimum Gasteiger partial charge on any atom is -0.461 e. The van der Waals surface area contributed by atoms with Gasteiger partial charge in [0, 0.05) is 18.9 Å². The van der Waals surface area contributed by atoms with Crippen molar-refractivity contribution in [2.45, 2.75) is 46.1 Å². The molecule has 21 heavy (non-hydrogen) atoms. The van der Waals surface area contributed by atoms with Crippen molar-refractivity contribution in [2.75, 3.05) is 6.54 Å². The number of hydrogen-bond acceptors (Lipinski definition) is 3. The Bertz CT molecular complexity index is 431. The van der Waals surface area contributed by atoms with Crippen molar-refractivity contribution >= 4 is 11.9 Å². The molecule has 0 radical (unpaired) electrons. The van der Waals surface area contributed by atoms with E-state index in [1.807, 2.05) is 37.3 Å². The van der Waals surface area contributed by atoms with Crippen LogP contribution >= 0.6 is 0 Å². The van der Waals surface area contributed by atoms with E-state index in [0.717, 1.165) is 18.4 Å². The van der Waals surface area contributed by atoms with Crippen LogP contribution in [0.3, 0.4) is 0 Å². The van der Waals surface area contributed by atoms with Gasteiger partial charge >= 0.3 is 5.97 Å². The Morgan fingerprint density at radius 3 is 2.62 bits per heavy atom. The van der Waals surface area contributed by atoms with Gasteiger partial charge in [0.15, 0.2) is 0 Å². The van der Waals surface area contributed by atoms with E-state index < -0.39 is 0 Å². The van der Waals surface area contributed by atoms with E-state index in [9.17, 15) is 9.59 Å². The summed E-state index contributed by atoms with van der Waals surface area (Å²) < 4.78 is 5.19. The van der Waals surface area contributed by atoms with E-state index in [4.69, 9.17) is 4.74 Å². The number of carbonyl (C=O) groups excluding carboxylic acids is 2. The summed E-state index contributed by atoms with van der Waals surface area (Å²) >= 11 is 0. The van der Waals surface area contributed by atoms with E-state index >= 15 is 0 Å². The summed E-state index contributed by atoms with van der Waals surface area (Å²) in [6.45, 7) is 4.92. The van der Waals surface area contributed by atoms with Gasteiger partial charge in [-0.3, -0.25) is 9.59 Å². The lowest BCUT2D eigenvalue weighted by atomic mass is 10.0. The molecule has 0 aliphatic heterocycles. The number of esters is 1. The van der Waals surface area contributed by atoms with Crippen LogP contribution < -0.4 is 5.32 Å². The zero-order valence-electron chi connectivity index (χ0n) is 12.9. The maximum atomic E-state index is 11.7. The largest absolute Gasteiger partial charge is 0.461 e. The Morgan fingerprint density at radius 2 is 1.95 bits per heavy atom. The van der Waals surface area contributed by atoms with Gasteiger partial charge in [-0.2, -0.15) is 0 Å². The summed E-state index contributed by atoms with van der Waals surface area (Å²) in [6.07, 6.45) is 2.83. The first-order valence-corrected chi connectivity index (χ1v) is 7.60. The second-order valence-corrected chi connectivity index (χ2v) is 5.23. The zero-order valence-corrected chi connectivity index (χ0v) is 12.9. The first kappa shape index (κ1) is 17.2. The lowest BCUT2D eigenvalue weighted by Crippen LogP contribution is -2.30. The predicted molar refractivity (Wildman–Crippen MR) is 82.6 cm³/mol. The fourth-order valence-electron chi connectivity index (χ4n) is 1.84. The Labute approximate surface area is 126 Å². The Hall–Kier alpha value is -1.84. The first-order valence-electron chi connectivity index (χ1n) is 7.60. The molecule has 0 spiro atoms. The molecule has 1 aromatic carbocycles. The number of hydrogen-bond donors (Lipinski definition) is 1. The van der Waals surface area contributed by atoms with E-state index in [2.05, 4.69) is 12.2 Å². The number of rotatable bonds is 9. The minimum absolute atomic E-state index is 0.0132. The molecule has 0 bridgehead atoms. The second-order valence-electron chi connectivity index (χ2n) is 5.23. The summed E-state index contributed by atoms with van der Waals surface area (Å²) in [4.78, 5) is 23.4. The molecule has 116 valence electrons. The third kappa shape index (κ3) is 7.49. The molecule has 1 amide bonds. The number of carbonyl (C=O) groups is 2. The Kier molecular flexibility index (Phi) is 8.17. The van der Waals surface area contributed by atoms with Crippen molar-refractivity contribution in [1.82, 2.24) is 5.32 Å². The molecular weight excluding hydrogens is 266 g/mol. The summed E-state index contributed by atoms with van der Waals surface area (Å²) in [5.41, 5.74) is 0.969. The lowest BCUT2D eigenvalue weighted by molar-refractivity contribution is -0.145. The normalized spacial score (nSPS) is 11.7. The van der Waals surface area contributed by atoms with Crippen LogP contribution in [0.1, 0.15) is 45.1 Å². The third-order valence-corrected chi connectivity index (χ3v) is 3.30. The summed E-state index contributed by atoms with van der Waals surface area (Å²) in [5, 5.41) is 2.87. The average molecular weight is 291 g/mol. The molecule has 0 aromatic heterocycles. The van der Waals surface area contributed by atoms with Crippen LogP contribution in [0.2, 0.25) is 0 Å². The van der Waals surface area contributed by atoms with Gasteiger partial charge in [0.1, 0.15) is 6.61 Å². The monoisotopic (exact) mass is 291 g/mol. The Balaban J connectivity index is 2.18. The van der Waals surface area contributed by atoms with Crippen molar-refractivity contribution in [1.29, 1.82) is 0 Å². The van der Waals surface area contributed by atoms with Crippen LogP contribution in [-0.2, 0) is 20.9 Å². The van der Waals surface area contributed by atoms with Crippen molar-refractivity contribution in [3.05, 3.63) is 35.9 Å². The molecule has 4 heteroatoms. The second kappa shape index (κ2) is 9.97. The zero-order chi connectivity index (χ0) is 15.5. The van der Waals surface area contributed by atoms with Crippen LogP contribution in [0.5, 0.6) is 0 Å². The first-order chi connectivity index (χ1) is 10.1. The Morgan fingerprint density at radius 1 is 1.24 bits per heavy atom. The highest BCUT2D eigenvalue weighted by Crippen LogP contribution is 2.08. The maximum Gasteiger partial charge on any atom is 0.306 e. The standard InChI is InChI=1S/C17H25NO3/c1-3-4-12-18-17(20)14(2)10-11-16(19)21-13-15-8-6-5-7-9-15/h5-9,14H,3-4,10-13H2,1-2H3,(H,18,20). The molecule has 0 fully saturated rings. The molecule has 1 aromatic rings. The molecule has 1 unspecified atom stereocenters. The highest BCUT2D eigenvalue weighted by molar-refractivity contribution is 5.79. The summed E-state index contributed by atoms with van der Waals surface area (Å²) in [5.74, 6) is -0.405. The highest BCUT2D eigenvalue weighted by Gasteiger charge is 2.14. The lowest BCUT2D eigenvalue weighted by Gasteiger charge is -2.11. The van der Waals surface area contributed by atoms with E-state index in [1.54, 1.807) is 0 Å². The fraction of sp³-hybridized carbons (Fsp3) is 0.529. The summed E-state index contributed by atoms with van der Waals surface area (Å²) in [6, 6.07) is 9.57. The number of benzene rings is 1. The number of amides is 1. The molecule has 0 aliphatic rings. The quantitative estimate of drug-likeness (QED) is 0.562. The van der Waals surface area contributed by atoms with Crippen LogP contribution in [0.4, 0.5) is 0 Å². The molecular formula is C17H25NO3. The average Bonchev–Trinajstić information content (AvgIpc) is 2.51. The van der Waals surface area contributed by atoms with Gasteiger partial charge in [-0.05, 0) is 18.4 Å². The van der Waals surface area contributed by atoms with Gasteiger partial charge in [-0.15, -0.1) is 0 Å². The van der Waals surface area contributed by atoms with Crippen molar-refractivity contribution in [3.63, 3.8) is 0 Å². The molecule has 4 nitrogen and oxygen atoms in total. The predicted octanol–water partition coefficient (Wildman–Crippen LogP) is 3.06. The van der Waals surface area contributed by atoms with Gasteiger partial charge in [0.05, 0.1) is 0 Å².